The Morgan fingerprint density at radius 1 is 1.17 bits per heavy atom. The zero-order valence-electron chi connectivity index (χ0n) is 13.3. The van der Waals surface area contributed by atoms with Gasteiger partial charge >= 0.3 is 0 Å². The van der Waals surface area contributed by atoms with E-state index in [0.717, 1.165) is 22.0 Å². The number of pyridine rings is 1. The lowest BCUT2D eigenvalue weighted by molar-refractivity contribution is -0.123. The topological polar surface area (TPSA) is 63.6 Å². The van der Waals surface area contributed by atoms with E-state index < -0.39 is 0 Å². The molecule has 1 N–H and O–H groups in total. The second-order valence-electron chi connectivity index (χ2n) is 5.27. The number of hydrazone groups is 1. The highest BCUT2D eigenvalue weighted by atomic mass is 16.5. The zero-order valence-corrected chi connectivity index (χ0v) is 13.3. The predicted octanol–water partition coefficient (Wildman–Crippen LogP) is 3.07. The number of benzene rings is 2. The molecule has 1 amide bonds. The van der Waals surface area contributed by atoms with Crippen molar-refractivity contribution in [3.05, 3.63) is 71.9 Å². The van der Waals surface area contributed by atoms with E-state index in [1.807, 2.05) is 61.5 Å². The van der Waals surface area contributed by atoms with Crippen molar-refractivity contribution >= 4 is 23.0 Å². The van der Waals surface area contributed by atoms with E-state index in [2.05, 4.69) is 15.5 Å². The molecule has 0 unspecified atom stereocenters. The summed E-state index contributed by atoms with van der Waals surface area (Å²) in [5, 5.41) is 5.01. The molecule has 1 heterocycles. The molecule has 0 aliphatic carbocycles. The standard InChI is InChI=1S/C19H17N3O2/c1-14-6-2-3-10-17(14)24-13-18(23)22-21-12-16-8-4-7-15-9-5-11-20-19(15)16/h2-12H,13H2,1H3,(H,22,23). The second-order valence-corrected chi connectivity index (χ2v) is 5.27. The smallest absolute Gasteiger partial charge is 0.277 e. The lowest BCUT2D eigenvalue weighted by Gasteiger charge is -2.07. The van der Waals surface area contributed by atoms with E-state index in [-0.39, 0.29) is 12.5 Å². The number of nitrogens with zero attached hydrogens (tertiary/aromatic N) is 2. The number of ether oxygens (including phenoxy) is 1. The van der Waals surface area contributed by atoms with E-state index in [9.17, 15) is 4.79 Å². The first-order valence-electron chi connectivity index (χ1n) is 7.58. The van der Waals surface area contributed by atoms with Crippen molar-refractivity contribution in [2.75, 3.05) is 6.61 Å². The maximum Gasteiger partial charge on any atom is 0.277 e. The Kier molecular flexibility index (Phi) is 4.81. The van der Waals surface area contributed by atoms with Crippen LogP contribution in [-0.4, -0.2) is 23.7 Å². The van der Waals surface area contributed by atoms with Crippen LogP contribution < -0.4 is 10.2 Å². The van der Waals surface area contributed by atoms with Crippen molar-refractivity contribution in [2.45, 2.75) is 6.92 Å². The van der Waals surface area contributed by atoms with Crippen LogP contribution in [-0.2, 0) is 4.79 Å². The number of para-hydroxylation sites is 2. The Morgan fingerprint density at radius 2 is 2.00 bits per heavy atom. The molecule has 5 heteroatoms. The maximum absolute atomic E-state index is 11.8. The zero-order chi connectivity index (χ0) is 16.8. The van der Waals surface area contributed by atoms with Gasteiger partial charge in [0, 0.05) is 17.1 Å². The average Bonchev–Trinajstić information content (AvgIpc) is 2.61. The highest BCUT2D eigenvalue weighted by molar-refractivity contribution is 5.97. The minimum atomic E-state index is -0.317. The largest absolute Gasteiger partial charge is 0.483 e. The number of hydrogen-bond acceptors (Lipinski definition) is 4. The Labute approximate surface area is 140 Å². The summed E-state index contributed by atoms with van der Waals surface area (Å²) in [6.45, 7) is 1.84. The number of rotatable bonds is 5. The van der Waals surface area contributed by atoms with E-state index in [4.69, 9.17) is 4.74 Å². The highest BCUT2D eigenvalue weighted by Crippen LogP contribution is 2.16. The van der Waals surface area contributed by atoms with Gasteiger partial charge in [0.05, 0.1) is 11.7 Å². The summed E-state index contributed by atoms with van der Waals surface area (Å²) in [4.78, 5) is 16.2. The lowest BCUT2D eigenvalue weighted by atomic mass is 10.1. The predicted molar refractivity (Wildman–Crippen MR) is 94.2 cm³/mol. The summed E-state index contributed by atoms with van der Waals surface area (Å²) in [5.41, 5.74) is 5.13. The van der Waals surface area contributed by atoms with Crippen LogP contribution in [0.2, 0.25) is 0 Å². The average molecular weight is 319 g/mol. The van der Waals surface area contributed by atoms with Crippen LogP contribution >= 0.6 is 0 Å². The van der Waals surface area contributed by atoms with Crippen molar-refractivity contribution in [2.24, 2.45) is 5.10 Å². The first-order valence-corrected chi connectivity index (χ1v) is 7.58. The van der Waals surface area contributed by atoms with Crippen molar-refractivity contribution in [1.29, 1.82) is 0 Å². The van der Waals surface area contributed by atoms with Gasteiger partial charge in [0.2, 0.25) is 0 Å². The summed E-state index contributed by atoms with van der Waals surface area (Å²) in [6, 6.07) is 17.2. The van der Waals surface area contributed by atoms with Gasteiger partial charge in [0.15, 0.2) is 6.61 Å². The third kappa shape index (κ3) is 3.76. The molecule has 0 bridgehead atoms. The molecular formula is C19H17N3O2. The van der Waals surface area contributed by atoms with Gasteiger partial charge in [0.1, 0.15) is 5.75 Å². The number of aryl methyl sites for hydroxylation is 1. The van der Waals surface area contributed by atoms with Crippen LogP contribution in [0.15, 0.2) is 65.9 Å². The minimum absolute atomic E-state index is 0.0873. The SMILES string of the molecule is Cc1ccccc1OCC(=O)NN=Cc1cccc2cccnc12. The maximum atomic E-state index is 11.8. The number of fused-ring (bicyclic) bond motifs is 1. The number of nitrogens with one attached hydrogen (secondary N) is 1. The second kappa shape index (κ2) is 7.37. The molecule has 0 aliphatic rings. The van der Waals surface area contributed by atoms with Crippen LogP contribution in [0, 0.1) is 6.92 Å². The van der Waals surface area contributed by atoms with E-state index in [0.29, 0.717) is 5.75 Å². The molecule has 0 radical (unpaired) electrons. The number of aromatic nitrogens is 1. The van der Waals surface area contributed by atoms with Gasteiger partial charge in [0.25, 0.3) is 5.91 Å². The Balaban J connectivity index is 1.59. The summed E-state index contributed by atoms with van der Waals surface area (Å²) >= 11 is 0. The van der Waals surface area contributed by atoms with Gasteiger partial charge in [-0.25, -0.2) is 5.43 Å². The monoisotopic (exact) mass is 319 g/mol. The van der Waals surface area contributed by atoms with E-state index in [1.54, 1.807) is 12.4 Å². The molecule has 2 aromatic carbocycles. The summed E-state index contributed by atoms with van der Waals surface area (Å²) in [5.74, 6) is 0.373. The van der Waals surface area contributed by atoms with Gasteiger partial charge in [-0.15, -0.1) is 0 Å². The van der Waals surface area contributed by atoms with Crippen LogP contribution in [0.1, 0.15) is 11.1 Å². The molecule has 0 saturated heterocycles. The number of hydrogen-bond donors (Lipinski definition) is 1. The first kappa shape index (κ1) is 15.7. The molecule has 0 spiro atoms. The van der Waals surface area contributed by atoms with Crippen molar-refractivity contribution in [1.82, 2.24) is 10.4 Å². The molecule has 120 valence electrons. The molecule has 0 fully saturated rings. The molecule has 0 saturated carbocycles. The summed E-state index contributed by atoms with van der Waals surface area (Å²) < 4.78 is 5.47. The highest BCUT2D eigenvalue weighted by Gasteiger charge is 2.03. The molecule has 0 atom stereocenters. The van der Waals surface area contributed by atoms with Gasteiger partial charge < -0.3 is 4.74 Å². The number of amides is 1. The fraction of sp³-hybridized carbons (Fsp3) is 0.105. The third-order valence-electron chi connectivity index (χ3n) is 3.51. The van der Waals surface area contributed by atoms with Crippen molar-refractivity contribution < 1.29 is 9.53 Å². The van der Waals surface area contributed by atoms with Crippen LogP contribution in [0.5, 0.6) is 5.75 Å². The third-order valence-corrected chi connectivity index (χ3v) is 3.51. The van der Waals surface area contributed by atoms with Gasteiger partial charge in [-0.3, -0.25) is 9.78 Å². The molecule has 5 nitrogen and oxygen atoms in total. The Bertz CT molecular complexity index is 885. The van der Waals surface area contributed by atoms with Crippen LogP contribution in [0.3, 0.4) is 0 Å². The van der Waals surface area contributed by atoms with Gasteiger partial charge in [-0.05, 0) is 24.6 Å². The minimum Gasteiger partial charge on any atom is -0.483 e. The Morgan fingerprint density at radius 3 is 2.88 bits per heavy atom. The Hall–Kier alpha value is -3.21. The molecule has 1 aromatic heterocycles. The molecular weight excluding hydrogens is 302 g/mol. The first-order chi connectivity index (χ1) is 11.7. The van der Waals surface area contributed by atoms with Crippen molar-refractivity contribution in [3.8, 4) is 5.75 Å². The fourth-order valence-electron chi connectivity index (χ4n) is 2.30. The fourth-order valence-corrected chi connectivity index (χ4v) is 2.30. The molecule has 3 rings (SSSR count). The number of carbonyl (C=O) groups is 1. The van der Waals surface area contributed by atoms with Crippen LogP contribution in [0.4, 0.5) is 0 Å². The molecule has 0 aliphatic heterocycles. The number of carbonyl (C=O) groups excluding carboxylic acids is 1. The van der Waals surface area contributed by atoms with Gasteiger partial charge in [-0.2, -0.15) is 5.10 Å². The summed E-state index contributed by atoms with van der Waals surface area (Å²) in [6.07, 6.45) is 3.31. The van der Waals surface area contributed by atoms with Crippen LogP contribution in [0.25, 0.3) is 10.9 Å². The summed E-state index contributed by atoms with van der Waals surface area (Å²) in [7, 11) is 0. The quantitative estimate of drug-likeness (QED) is 0.580. The van der Waals surface area contributed by atoms with E-state index >= 15 is 0 Å². The van der Waals surface area contributed by atoms with E-state index in [1.165, 1.54) is 0 Å². The molecule has 3 aromatic rings. The normalized spacial score (nSPS) is 10.9. The van der Waals surface area contributed by atoms with Gasteiger partial charge in [-0.1, -0.05) is 42.5 Å². The van der Waals surface area contributed by atoms with Crippen molar-refractivity contribution in [3.63, 3.8) is 0 Å². The molecule has 24 heavy (non-hydrogen) atoms. The lowest BCUT2D eigenvalue weighted by Crippen LogP contribution is -2.24.